The Morgan fingerprint density at radius 3 is 2.79 bits per heavy atom. The molecule has 3 unspecified atom stereocenters. The topological polar surface area (TPSA) is 29.9 Å². The second-order valence-corrected chi connectivity index (χ2v) is 6.58. The Morgan fingerprint density at radius 1 is 1.37 bits per heavy atom. The minimum absolute atomic E-state index is 0.465. The van der Waals surface area contributed by atoms with Gasteiger partial charge in [0.1, 0.15) is 0 Å². The molecular weight excluding hydrogens is 234 g/mol. The van der Waals surface area contributed by atoms with Crippen molar-refractivity contribution in [2.24, 2.45) is 17.8 Å². The molecule has 1 heterocycles. The molecular formula is C16H29N3. The monoisotopic (exact) mass is 263 g/mol. The number of rotatable bonds is 5. The van der Waals surface area contributed by atoms with E-state index < -0.39 is 0 Å². The highest BCUT2D eigenvalue weighted by atomic mass is 15.3. The molecule has 1 aliphatic carbocycles. The van der Waals surface area contributed by atoms with Gasteiger partial charge in [-0.25, -0.2) is 0 Å². The SMILES string of the molecule is CNCC1CCC(C)CC1Cc1ccn(C(C)C)n1. The molecule has 0 spiro atoms. The zero-order chi connectivity index (χ0) is 13.8. The fraction of sp³-hybridized carbons (Fsp3) is 0.812. The normalized spacial score (nSPS) is 27.9. The molecule has 1 fully saturated rings. The highest BCUT2D eigenvalue weighted by molar-refractivity contribution is 5.02. The molecule has 1 N–H and O–H groups in total. The molecule has 1 aliphatic rings. The van der Waals surface area contributed by atoms with Gasteiger partial charge in [-0.2, -0.15) is 5.10 Å². The van der Waals surface area contributed by atoms with E-state index in [1.54, 1.807) is 0 Å². The third kappa shape index (κ3) is 3.82. The number of aromatic nitrogens is 2. The van der Waals surface area contributed by atoms with Gasteiger partial charge in [0.2, 0.25) is 0 Å². The van der Waals surface area contributed by atoms with Crippen LogP contribution in [-0.4, -0.2) is 23.4 Å². The fourth-order valence-electron chi connectivity index (χ4n) is 3.38. The second-order valence-electron chi connectivity index (χ2n) is 6.58. The minimum atomic E-state index is 0.465. The van der Waals surface area contributed by atoms with Crippen molar-refractivity contribution >= 4 is 0 Å². The standard InChI is InChI=1S/C16H29N3/c1-12(2)19-8-7-16(18-19)10-15-9-13(3)5-6-14(15)11-17-4/h7-8,12-15,17H,5-6,9-11H2,1-4H3. The van der Waals surface area contributed by atoms with Gasteiger partial charge in [0, 0.05) is 12.2 Å². The Balaban J connectivity index is 2.00. The molecule has 0 radical (unpaired) electrons. The van der Waals surface area contributed by atoms with Gasteiger partial charge in [0.25, 0.3) is 0 Å². The van der Waals surface area contributed by atoms with E-state index in [-0.39, 0.29) is 0 Å². The van der Waals surface area contributed by atoms with Crippen LogP contribution in [0.5, 0.6) is 0 Å². The molecule has 108 valence electrons. The molecule has 0 bridgehead atoms. The Hall–Kier alpha value is -0.830. The van der Waals surface area contributed by atoms with Crippen molar-refractivity contribution in [3.05, 3.63) is 18.0 Å². The Kier molecular flexibility index (Phi) is 5.03. The zero-order valence-corrected chi connectivity index (χ0v) is 12.9. The van der Waals surface area contributed by atoms with E-state index in [1.165, 1.54) is 25.0 Å². The van der Waals surface area contributed by atoms with Crippen LogP contribution in [0, 0.1) is 17.8 Å². The number of hydrogen-bond donors (Lipinski definition) is 1. The Morgan fingerprint density at radius 2 is 2.16 bits per heavy atom. The zero-order valence-electron chi connectivity index (χ0n) is 12.9. The average Bonchev–Trinajstić information content (AvgIpc) is 2.81. The quantitative estimate of drug-likeness (QED) is 0.883. The number of nitrogens with one attached hydrogen (secondary N) is 1. The first-order valence-electron chi connectivity index (χ1n) is 7.78. The molecule has 0 aliphatic heterocycles. The summed E-state index contributed by atoms with van der Waals surface area (Å²) in [5.41, 5.74) is 1.27. The van der Waals surface area contributed by atoms with Gasteiger partial charge in [-0.15, -0.1) is 0 Å². The maximum atomic E-state index is 4.72. The van der Waals surface area contributed by atoms with Crippen molar-refractivity contribution in [1.29, 1.82) is 0 Å². The summed E-state index contributed by atoms with van der Waals surface area (Å²) in [5.74, 6) is 2.50. The minimum Gasteiger partial charge on any atom is -0.319 e. The van der Waals surface area contributed by atoms with E-state index in [0.29, 0.717) is 6.04 Å². The van der Waals surface area contributed by atoms with Crippen LogP contribution in [0.25, 0.3) is 0 Å². The summed E-state index contributed by atoms with van der Waals surface area (Å²) in [7, 11) is 2.07. The molecule has 3 nitrogen and oxygen atoms in total. The molecule has 19 heavy (non-hydrogen) atoms. The molecule has 3 heteroatoms. The molecule has 1 aromatic rings. The third-order valence-corrected chi connectivity index (χ3v) is 4.53. The van der Waals surface area contributed by atoms with Crippen LogP contribution in [0.2, 0.25) is 0 Å². The first-order chi connectivity index (χ1) is 9.10. The second kappa shape index (κ2) is 6.56. The van der Waals surface area contributed by atoms with Crippen LogP contribution in [0.1, 0.15) is 51.8 Å². The first kappa shape index (κ1) is 14.6. The highest BCUT2D eigenvalue weighted by Crippen LogP contribution is 2.35. The van der Waals surface area contributed by atoms with Gasteiger partial charge in [0.15, 0.2) is 0 Å². The first-order valence-corrected chi connectivity index (χ1v) is 7.78. The molecule has 1 aromatic heterocycles. The van der Waals surface area contributed by atoms with Crippen molar-refractivity contribution in [1.82, 2.24) is 15.1 Å². The largest absolute Gasteiger partial charge is 0.319 e. The third-order valence-electron chi connectivity index (χ3n) is 4.53. The Bertz CT molecular complexity index is 383. The maximum absolute atomic E-state index is 4.72. The lowest BCUT2D eigenvalue weighted by Crippen LogP contribution is -2.32. The van der Waals surface area contributed by atoms with Crippen LogP contribution in [0.15, 0.2) is 12.3 Å². The van der Waals surface area contributed by atoms with E-state index in [9.17, 15) is 0 Å². The number of nitrogens with zero attached hydrogens (tertiary/aromatic N) is 2. The van der Waals surface area contributed by atoms with E-state index >= 15 is 0 Å². The predicted molar refractivity (Wildman–Crippen MR) is 80.2 cm³/mol. The van der Waals surface area contributed by atoms with E-state index in [0.717, 1.165) is 30.7 Å². The van der Waals surface area contributed by atoms with Gasteiger partial charge in [-0.3, -0.25) is 4.68 Å². The van der Waals surface area contributed by atoms with Crippen molar-refractivity contribution in [2.75, 3.05) is 13.6 Å². The molecule has 1 saturated carbocycles. The van der Waals surface area contributed by atoms with Crippen molar-refractivity contribution < 1.29 is 0 Å². The van der Waals surface area contributed by atoms with Crippen LogP contribution < -0.4 is 5.32 Å². The van der Waals surface area contributed by atoms with Gasteiger partial charge in [-0.1, -0.05) is 13.3 Å². The summed E-state index contributed by atoms with van der Waals surface area (Å²) in [6.45, 7) is 7.92. The number of hydrogen-bond acceptors (Lipinski definition) is 2. The lowest BCUT2D eigenvalue weighted by molar-refractivity contribution is 0.184. The lowest BCUT2D eigenvalue weighted by Gasteiger charge is -2.34. The van der Waals surface area contributed by atoms with Gasteiger partial charge in [0.05, 0.1) is 5.69 Å². The Labute approximate surface area is 117 Å². The van der Waals surface area contributed by atoms with Crippen LogP contribution in [0.3, 0.4) is 0 Å². The summed E-state index contributed by atoms with van der Waals surface area (Å²) in [6, 6.07) is 2.67. The van der Waals surface area contributed by atoms with Gasteiger partial charge < -0.3 is 5.32 Å². The average molecular weight is 263 g/mol. The van der Waals surface area contributed by atoms with Crippen LogP contribution in [-0.2, 0) is 6.42 Å². The van der Waals surface area contributed by atoms with E-state index in [4.69, 9.17) is 5.10 Å². The fourth-order valence-corrected chi connectivity index (χ4v) is 3.38. The molecule has 3 atom stereocenters. The van der Waals surface area contributed by atoms with Gasteiger partial charge >= 0.3 is 0 Å². The van der Waals surface area contributed by atoms with Crippen molar-refractivity contribution in [3.63, 3.8) is 0 Å². The summed E-state index contributed by atoms with van der Waals surface area (Å²) >= 11 is 0. The summed E-state index contributed by atoms with van der Waals surface area (Å²) < 4.78 is 2.08. The predicted octanol–water partition coefficient (Wildman–Crippen LogP) is 3.28. The van der Waals surface area contributed by atoms with Crippen molar-refractivity contribution in [3.8, 4) is 0 Å². The highest BCUT2D eigenvalue weighted by Gasteiger charge is 2.28. The lowest BCUT2D eigenvalue weighted by atomic mass is 9.73. The maximum Gasteiger partial charge on any atom is 0.0627 e. The van der Waals surface area contributed by atoms with Crippen molar-refractivity contribution in [2.45, 2.75) is 52.5 Å². The van der Waals surface area contributed by atoms with Gasteiger partial charge in [-0.05, 0) is 70.5 Å². The molecule has 0 saturated heterocycles. The summed E-state index contributed by atoms with van der Waals surface area (Å²) in [6.07, 6.45) is 7.40. The molecule has 0 aromatic carbocycles. The molecule has 2 rings (SSSR count). The summed E-state index contributed by atoms with van der Waals surface area (Å²) in [5, 5.41) is 8.09. The van der Waals surface area contributed by atoms with Crippen LogP contribution >= 0.6 is 0 Å². The van der Waals surface area contributed by atoms with E-state index in [1.807, 2.05) is 0 Å². The smallest absolute Gasteiger partial charge is 0.0627 e. The van der Waals surface area contributed by atoms with E-state index in [2.05, 4.69) is 50.1 Å². The molecule has 0 amide bonds. The summed E-state index contributed by atoms with van der Waals surface area (Å²) in [4.78, 5) is 0. The van der Waals surface area contributed by atoms with Crippen LogP contribution in [0.4, 0.5) is 0 Å².